The molecule has 0 radical (unpaired) electrons. The van der Waals surface area contributed by atoms with Gasteiger partial charge in [0, 0.05) is 11.6 Å². The molecule has 0 bridgehead atoms. The smallest absolute Gasteiger partial charge is 0.266 e. The van der Waals surface area contributed by atoms with Crippen LogP contribution in [0.1, 0.15) is 0 Å². The Hall–Kier alpha value is -1.21. The minimum absolute atomic E-state index is 0.0978. The van der Waals surface area contributed by atoms with E-state index in [1.54, 1.807) is 18.3 Å². The molecular formula is C8H5FNOP. The molecule has 1 aromatic heterocycles. The zero-order valence-electron chi connectivity index (χ0n) is 6.07. The van der Waals surface area contributed by atoms with Gasteiger partial charge in [-0.15, -0.1) is 0 Å². The highest BCUT2D eigenvalue weighted by atomic mass is 31.1. The van der Waals surface area contributed by atoms with Gasteiger partial charge in [-0.05, 0) is 24.3 Å². The Balaban J connectivity index is 2.81. The van der Waals surface area contributed by atoms with Crippen LogP contribution in [0, 0.1) is 5.82 Å². The van der Waals surface area contributed by atoms with E-state index in [-0.39, 0.29) is 14.4 Å². The summed E-state index contributed by atoms with van der Waals surface area (Å²) in [6, 6.07) is 6.10. The van der Waals surface area contributed by atoms with Crippen molar-refractivity contribution in [3.63, 3.8) is 0 Å². The van der Waals surface area contributed by atoms with E-state index in [1.165, 1.54) is 16.5 Å². The maximum Gasteiger partial charge on any atom is 0.286 e. The van der Waals surface area contributed by atoms with Gasteiger partial charge in [0.05, 0.1) is 5.52 Å². The molecule has 0 saturated carbocycles. The third-order valence-electron chi connectivity index (χ3n) is 1.72. The van der Waals surface area contributed by atoms with E-state index in [2.05, 4.69) is 0 Å². The molecule has 2 nitrogen and oxygen atoms in total. The molecule has 12 heavy (non-hydrogen) atoms. The average Bonchev–Trinajstić information content (AvgIpc) is 2.46. The highest BCUT2D eigenvalue weighted by Crippen LogP contribution is 2.20. The molecule has 60 valence electrons. The minimum atomic E-state index is -0.275. The minimum Gasteiger partial charge on any atom is -0.266 e. The van der Waals surface area contributed by atoms with Crippen LogP contribution in [-0.2, 0) is 4.57 Å². The Kier molecular flexibility index (Phi) is 1.66. The van der Waals surface area contributed by atoms with Gasteiger partial charge >= 0.3 is 0 Å². The first-order chi connectivity index (χ1) is 5.81. The Labute approximate surface area is 69.9 Å². The molecule has 0 N–H and O–H groups in total. The largest absolute Gasteiger partial charge is 0.286 e. The van der Waals surface area contributed by atoms with Gasteiger partial charge in [-0.1, -0.05) is 0 Å². The molecule has 0 spiro atoms. The number of rotatable bonds is 1. The summed E-state index contributed by atoms with van der Waals surface area (Å²) in [4.78, 5) is 0. The Morgan fingerprint density at radius 1 is 1.33 bits per heavy atom. The van der Waals surface area contributed by atoms with Crippen LogP contribution in [0.2, 0.25) is 0 Å². The van der Waals surface area contributed by atoms with Crippen molar-refractivity contribution in [2.45, 2.75) is 0 Å². The van der Waals surface area contributed by atoms with Gasteiger partial charge in [0.1, 0.15) is 5.82 Å². The van der Waals surface area contributed by atoms with E-state index < -0.39 is 0 Å². The number of fused-ring (bicyclic) bond motifs is 1. The topological polar surface area (TPSA) is 22.0 Å². The van der Waals surface area contributed by atoms with Gasteiger partial charge in [0.2, 0.25) is 0 Å². The quantitative estimate of drug-likeness (QED) is 0.620. The molecule has 0 saturated heterocycles. The molecule has 2 rings (SSSR count). The van der Waals surface area contributed by atoms with Crippen molar-refractivity contribution < 1.29 is 8.96 Å². The second-order valence-electron chi connectivity index (χ2n) is 2.45. The summed E-state index contributed by atoms with van der Waals surface area (Å²) in [5.41, 5.74) is 0.771. The van der Waals surface area contributed by atoms with Gasteiger partial charge in [-0.25, -0.2) is 8.96 Å². The lowest BCUT2D eigenvalue weighted by molar-refractivity contribution is 0.595. The van der Waals surface area contributed by atoms with Crippen LogP contribution in [-0.4, -0.2) is 4.34 Å². The van der Waals surface area contributed by atoms with Crippen molar-refractivity contribution in [1.82, 2.24) is 4.34 Å². The van der Waals surface area contributed by atoms with Crippen molar-refractivity contribution in [1.29, 1.82) is 0 Å². The van der Waals surface area contributed by atoms with E-state index in [0.29, 0.717) is 0 Å². The zero-order valence-corrected chi connectivity index (χ0v) is 6.96. The molecule has 0 unspecified atom stereocenters. The van der Waals surface area contributed by atoms with Crippen LogP contribution >= 0.6 is 8.61 Å². The van der Waals surface area contributed by atoms with Crippen molar-refractivity contribution in [3.05, 3.63) is 36.3 Å². The van der Waals surface area contributed by atoms with Crippen LogP contribution in [0.15, 0.2) is 30.5 Å². The maximum absolute atomic E-state index is 12.7. The lowest BCUT2D eigenvalue weighted by Crippen LogP contribution is -1.77. The fraction of sp³-hybridized carbons (Fsp3) is 0. The van der Waals surface area contributed by atoms with Crippen molar-refractivity contribution in [2.24, 2.45) is 0 Å². The maximum atomic E-state index is 12.7. The summed E-state index contributed by atoms with van der Waals surface area (Å²) >= 11 is 0. The normalized spacial score (nSPS) is 11.1. The molecule has 1 aromatic carbocycles. The Morgan fingerprint density at radius 2 is 2.17 bits per heavy atom. The monoisotopic (exact) mass is 181 g/mol. The first kappa shape index (κ1) is 7.44. The molecule has 4 heteroatoms. The third-order valence-corrected chi connectivity index (χ3v) is 2.24. The summed E-state index contributed by atoms with van der Waals surface area (Å²) in [6.07, 6.45) is 1.65. The fourth-order valence-corrected chi connectivity index (χ4v) is 1.56. The van der Waals surface area contributed by atoms with Gasteiger partial charge < -0.3 is 0 Å². The standard InChI is InChI=1S/C8H5FNOP/c9-7-1-2-8-6(5-7)3-4-10(8)12-11/h1-5H. The second-order valence-corrected chi connectivity index (χ2v) is 3.04. The second kappa shape index (κ2) is 2.68. The summed E-state index contributed by atoms with van der Waals surface area (Å²) in [5.74, 6) is -0.275. The van der Waals surface area contributed by atoms with E-state index in [1.807, 2.05) is 0 Å². The van der Waals surface area contributed by atoms with Crippen molar-refractivity contribution in [3.8, 4) is 0 Å². The van der Waals surface area contributed by atoms with Crippen LogP contribution in [0.5, 0.6) is 0 Å². The van der Waals surface area contributed by atoms with E-state index in [0.717, 1.165) is 10.9 Å². The molecule has 0 amide bonds. The van der Waals surface area contributed by atoms with Crippen molar-refractivity contribution >= 4 is 19.5 Å². The molecule has 0 aliphatic heterocycles. The van der Waals surface area contributed by atoms with Crippen molar-refractivity contribution in [2.75, 3.05) is 0 Å². The summed E-state index contributed by atoms with van der Waals surface area (Å²) in [5, 5.41) is 0.762. The summed E-state index contributed by atoms with van der Waals surface area (Å²) in [7, 11) is -0.0978. The highest BCUT2D eigenvalue weighted by Gasteiger charge is 2.00. The molecular weight excluding hydrogens is 176 g/mol. The zero-order chi connectivity index (χ0) is 8.55. The molecule has 0 aliphatic rings. The summed E-state index contributed by atoms with van der Waals surface area (Å²) in [6.45, 7) is 0. The lowest BCUT2D eigenvalue weighted by atomic mass is 10.2. The first-order valence-electron chi connectivity index (χ1n) is 3.41. The van der Waals surface area contributed by atoms with Gasteiger partial charge in [0.25, 0.3) is 8.61 Å². The number of nitrogens with zero attached hydrogens (tertiary/aromatic N) is 1. The number of benzene rings is 1. The SMILES string of the molecule is O=Pn1ccc2cc(F)ccc21. The Morgan fingerprint density at radius 3 is 2.92 bits per heavy atom. The fourth-order valence-electron chi connectivity index (χ4n) is 1.17. The van der Waals surface area contributed by atoms with Crippen LogP contribution < -0.4 is 0 Å². The van der Waals surface area contributed by atoms with E-state index >= 15 is 0 Å². The predicted octanol–water partition coefficient (Wildman–Crippen LogP) is 2.84. The molecule has 0 fully saturated rings. The number of hydrogen-bond acceptors (Lipinski definition) is 1. The third kappa shape index (κ3) is 1.03. The van der Waals surface area contributed by atoms with E-state index in [9.17, 15) is 8.96 Å². The van der Waals surface area contributed by atoms with Crippen LogP contribution in [0.4, 0.5) is 4.39 Å². The highest BCUT2D eigenvalue weighted by molar-refractivity contribution is 7.22. The first-order valence-corrected chi connectivity index (χ1v) is 4.18. The average molecular weight is 181 g/mol. The van der Waals surface area contributed by atoms with Gasteiger partial charge in [-0.2, -0.15) is 0 Å². The number of hydrogen-bond donors (Lipinski definition) is 0. The number of aromatic nitrogens is 1. The number of halogens is 1. The molecule has 1 heterocycles. The van der Waals surface area contributed by atoms with Crippen LogP contribution in [0.3, 0.4) is 0 Å². The lowest BCUT2D eigenvalue weighted by Gasteiger charge is -1.92. The van der Waals surface area contributed by atoms with Crippen LogP contribution in [0.25, 0.3) is 10.9 Å². The Bertz CT molecular complexity index is 438. The molecule has 2 aromatic rings. The molecule has 0 aliphatic carbocycles. The van der Waals surface area contributed by atoms with E-state index in [4.69, 9.17) is 0 Å². The van der Waals surface area contributed by atoms with Gasteiger partial charge in [0.15, 0.2) is 0 Å². The molecule has 0 atom stereocenters. The predicted molar refractivity (Wildman–Crippen MR) is 44.9 cm³/mol. The van der Waals surface area contributed by atoms with Gasteiger partial charge in [-0.3, -0.25) is 4.34 Å². The summed E-state index contributed by atoms with van der Waals surface area (Å²) < 4.78 is 24.7.